The maximum atomic E-state index is 14.2. The molecule has 5 heteroatoms. The Bertz CT molecular complexity index is 463. The molecule has 0 saturated heterocycles. The molecule has 3 aliphatic rings. The molecule has 3 rings (SSSR count). The second-order valence-electron chi connectivity index (χ2n) is 4.09. The number of fused-ring (bicyclic) bond motifs is 2. The molecule has 0 aromatic heterocycles. The summed E-state index contributed by atoms with van der Waals surface area (Å²) in [6, 6.07) is -0.262. The van der Waals surface area contributed by atoms with E-state index in [1.54, 1.807) is 24.3 Å². The van der Waals surface area contributed by atoms with E-state index < -0.39 is 6.97 Å². The first-order valence-electron chi connectivity index (χ1n) is 5.29. The van der Waals surface area contributed by atoms with Crippen molar-refractivity contribution in [3.8, 4) is 0 Å². The van der Waals surface area contributed by atoms with Crippen LogP contribution in [0.15, 0.2) is 60.6 Å². The normalized spacial score (nSPS) is 33.4. The van der Waals surface area contributed by atoms with E-state index in [1.165, 1.54) is 12.4 Å². The predicted molar refractivity (Wildman–Crippen MR) is 59.2 cm³/mol. The van der Waals surface area contributed by atoms with Gasteiger partial charge in [-0.2, -0.15) is 0 Å². The van der Waals surface area contributed by atoms with Crippen LogP contribution >= 0.6 is 0 Å². The van der Waals surface area contributed by atoms with Gasteiger partial charge < -0.3 is 18.3 Å². The van der Waals surface area contributed by atoms with Gasteiger partial charge in [-0.15, -0.1) is 0 Å². The van der Waals surface area contributed by atoms with Crippen LogP contribution in [0.3, 0.4) is 0 Å². The summed E-state index contributed by atoms with van der Waals surface area (Å²) in [6.07, 6.45) is 15.3. The van der Waals surface area contributed by atoms with Crippen LogP contribution in [0.1, 0.15) is 0 Å². The van der Waals surface area contributed by atoms with Gasteiger partial charge in [-0.25, -0.2) is 0 Å². The quantitative estimate of drug-likeness (QED) is 0.598. The van der Waals surface area contributed by atoms with E-state index in [-0.39, 0.29) is 10.9 Å². The zero-order valence-electron chi connectivity index (χ0n) is 8.55. The van der Waals surface area contributed by atoms with Gasteiger partial charge in [0.1, 0.15) is 0 Å². The maximum Gasteiger partial charge on any atom is 0.663 e. The zero-order valence-corrected chi connectivity index (χ0v) is 8.55. The van der Waals surface area contributed by atoms with Crippen molar-refractivity contribution in [1.82, 2.24) is 4.81 Å². The molecule has 3 aliphatic heterocycles. The van der Waals surface area contributed by atoms with Gasteiger partial charge in [0.2, 0.25) is 0 Å². The highest BCUT2D eigenvalue weighted by atomic mass is 19.2. The molecule has 0 aliphatic carbocycles. The topological polar surface area (TPSA) is 7.68 Å². The van der Waals surface area contributed by atoms with Crippen molar-refractivity contribution in [2.24, 2.45) is 0 Å². The average Bonchev–Trinajstić information content (AvgIpc) is 2.29. The monoisotopic (exact) mass is 220 g/mol. The Hall–Kier alpha value is -1.62. The molecule has 0 aromatic carbocycles. The lowest BCUT2D eigenvalue weighted by Crippen LogP contribution is -3.23. The van der Waals surface area contributed by atoms with Gasteiger partial charge in [0.15, 0.2) is 0 Å². The average molecular weight is 220 g/mol. The number of halogens is 2. The van der Waals surface area contributed by atoms with Crippen LogP contribution in [0, 0.1) is 0 Å². The Kier molecular flexibility index (Phi) is 1.91. The fourth-order valence-corrected chi connectivity index (χ4v) is 2.32. The smallest absolute Gasteiger partial charge is 0.408 e. The lowest BCUT2D eigenvalue weighted by molar-refractivity contribution is -0.774. The summed E-state index contributed by atoms with van der Waals surface area (Å²) < 4.78 is 28.4. The highest BCUT2D eigenvalue weighted by Crippen LogP contribution is 2.24. The first-order chi connectivity index (χ1) is 7.69. The summed E-state index contributed by atoms with van der Waals surface area (Å²) in [5.41, 5.74) is 0.584. The van der Waals surface area contributed by atoms with E-state index in [9.17, 15) is 8.63 Å². The molecule has 0 saturated carbocycles. The Balaban J connectivity index is 2.10. The highest BCUT2D eigenvalue weighted by molar-refractivity contribution is 6.55. The van der Waals surface area contributed by atoms with Crippen LogP contribution in [-0.2, 0) is 0 Å². The van der Waals surface area contributed by atoms with Gasteiger partial charge in [-0.05, 0) is 36.6 Å². The van der Waals surface area contributed by atoms with Gasteiger partial charge in [-0.1, -0.05) is 12.2 Å². The fourth-order valence-electron chi connectivity index (χ4n) is 2.32. The highest BCUT2D eigenvalue weighted by Gasteiger charge is 2.51. The number of quaternary nitrogens is 1. The predicted octanol–water partition coefficient (Wildman–Crippen LogP) is 0.981. The van der Waals surface area contributed by atoms with Crippen molar-refractivity contribution in [3.05, 3.63) is 60.6 Å². The third-order valence-corrected chi connectivity index (χ3v) is 3.13. The van der Waals surface area contributed by atoms with Gasteiger partial charge >= 0.3 is 6.97 Å². The van der Waals surface area contributed by atoms with Crippen molar-refractivity contribution >= 4 is 6.97 Å². The van der Waals surface area contributed by atoms with Gasteiger partial charge in [0.25, 0.3) is 0 Å². The van der Waals surface area contributed by atoms with Crippen molar-refractivity contribution in [2.75, 3.05) is 0 Å². The molecule has 0 amide bonds. The van der Waals surface area contributed by atoms with E-state index in [2.05, 4.69) is 0 Å². The zero-order chi connectivity index (χ0) is 11.2. The van der Waals surface area contributed by atoms with E-state index in [1.807, 2.05) is 18.2 Å². The van der Waals surface area contributed by atoms with Crippen LogP contribution in [0.5, 0.6) is 0 Å². The molecule has 0 radical (unpaired) electrons. The molecule has 0 aromatic rings. The number of hydrogen-bond acceptors (Lipinski definition) is 1. The molecule has 2 unspecified atom stereocenters. The molecule has 0 fully saturated rings. The summed E-state index contributed by atoms with van der Waals surface area (Å²) in [4.78, 5) is 1.28. The van der Waals surface area contributed by atoms with E-state index >= 15 is 0 Å². The molecule has 0 spiro atoms. The fraction of sp³-hybridized carbons (Fsp3) is 0.0909. The molecular formula is C11H11BF2N2. The van der Waals surface area contributed by atoms with Crippen LogP contribution < -0.4 is 4.81 Å². The van der Waals surface area contributed by atoms with Crippen LogP contribution in [0.4, 0.5) is 8.63 Å². The minimum Gasteiger partial charge on any atom is -0.408 e. The lowest BCUT2D eigenvalue weighted by Gasteiger charge is -2.47. The van der Waals surface area contributed by atoms with Gasteiger partial charge in [0, 0.05) is 5.70 Å². The van der Waals surface area contributed by atoms with Crippen molar-refractivity contribution in [1.29, 1.82) is 0 Å². The number of rotatable bonds is 0. The van der Waals surface area contributed by atoms with Crippen LogP contribution in [-0.4, -0.2) is 17.8 Å². The Morgan fingerprint density at radius 1 is 1.19 bits per heavy atom. The molecule has 16 heavy (non-hydrogen) atoms. The molecule has 2 nitrogen and oxygen atoms in total. The molecule has 2 atom stereocenters. The largest absolute Gasteiger partial charge is 0.663 e. The van der Waals surface area contributed by atoms with E-state index in [4.69, 9.17) is 0 Å². The third-order valence-electron chi connectivity index (χ3n) is 3.13. The Morgan fingerprint density at radius 2 is 2.06 bits per heavy atom. The molecule has 3 heterocycles. The van der Waals surface area contributed by atoms with Gasteiger partial charge in [-0.3, -0.25) is 0 Å². The first kappa shape index (κ1) is 9.60. The van der Waals surface area contributed by atoms with Crippen molar-refractivity contribution in [2.45, 2.75) is 6.04 Å². The standard InChI is InChI=1S/C11H11BF2N2/c13-12(14)15-7-3-1-5-10(15)9-11-6-2-4-8-16(11)12/h1-10,15H. The number of hydrogen-bond donors (Lipinski definition) is 1. The summed E-state index contributed by atoms with van der Waals surface area (Å²) >= 11 is 0. The first-order valence-corrected chi connectivity index (χ1v) is 5.29. The minimum absolute atomic E-state index is 0.200. The molecule has 82 valence electrons. The SMILES string of the molecule is F[B-]1(F)N2C=CC=CC2=CC2C=CC=C[NH+]21. The summed E-state index contributed by atoms with van der Waals surface area (Å²) in [7, 11) is 0. The Labute approximate surface area is 92.6 Å². The molecule has 0 bridgehead atoms. The molecular weight excluding hydrogens is 209 g/mol. The summed E-state index contributed by atoms with van der Waals surface area (Å²) in [5, 5.41) is 0. The van der Waals surface area contributed by atoms with Gasteiger partial charge in [0.05, 0.1) is 12.2 Å². The van der Waals surface area contributed by atoms with Crippen molar-refractivity contribution in [3.63, 3.8) is 0 Å². The van der Waals surface area contributed by atoms with Crippen molar-refractivity contribution < 1.29 is 13.4 Å². The minimum atomic E-state index is -3.64. The summed E-state index contributed by atoms with van der Waals surface area (Å²) in [5.74, 6) is 0. The van der Waals surface area contributed by atoms with E-state index in [0.717, 1.165) is 4.81 Å². The van der Waals surface area contributed by atoms with E-state index in [0.29, 0.717) is 5.70 Å². The van der Waals surface area contributed by atoms with Crippen LogP contribution in [0.2, 0.25) is 0 Å². The number of nitrogens with one attached hydrogen (secondary N) is 1. The number of nitrogens with zero attached hydrogens (tertiary/aromatic N) is 1. The summed E-state index contributed by atoms with van der Waals surface area (Å²) in [6.45, 7) is -3.64. The maximum absolute atomic E-state index is 14.2. The molecule has 1 N–H and O–H groups in total. The number of allylic oxidation sites excluding steroid dienone is 5. The Morgan fingerprint density at radius 3 is 2.94 bits per heavy atom. The van der Waals surface area contributed by atoms with Crippen LogP contribution in [0.25, 0.3) is 0 Å². The second kappa shape index (κ2) is 3.19. The third kappa shape index (κ3) is 1.21. The second-order valence-corrected chi connectivity index (χ2v) is 4.09. The lowest BCUT2D eigenvalue weighted by atomic mass is 9.82.